The van der Waals surface area contributed by atoms with Gasteiger partial charge in [0.25, 0.3) is 0 Å². The summed E-state index contributed by atoms with van der Waals surface area (Å²) in [5.74, 6) is 2.86. The van der Waals surface area contributed by atoms with Crippen molar-refractivity contribution in [2.75, 3.05) is 26.4 Å². The first-order valence-electron chi connectivity index (χ1n) is 16.1. The van der Waals surface area contributed by atoms with Crippen LogP contribution in [0.2, 0.25) is 0 Å². The smallest absolute Gasteiger partial charge is 0.122 e. The van der Waals surface area contributed by atoms with E-state index in [0.29, 0.717) is 24.3 Å². The van der Waals surface area contributed by atoms with Gasteiger partial charge in [0.05, 0.1) is 0 Å². The van der Waals surface area contributed by atoms with Gasteiger partial charge in [0.1, 0.15) is 61.6 Å². The van der Waals surface area contributed by atoms with E-state index in [0.717, 1.165) is 44.9 Å². The van der Waals surface area contributed by atoms with Gasteiger partial charge in [0, 0.05) is 5.41 Å². The summed E-state index contributed by atoms with van der Waals surface area (Å²) < 4.78 is 23.5. The Balaban J connectivity index is 1.24. The van der Waals surface area contributed by atoms with Crippen molar-refractivity contribution < 1.29 is 29.2 Å². The van der Waals surface area contributed by atoms with Gasteiger partial charge in [0.2, 0.25) is 0 Å². The van der Waals surface area contributed by atoms with Gasteiger partial charge in [-0.15, -0.1) is 13.2 Å². The van der Waals surface area contributed by atoms with Crippen LogP contribution < -0.4 is 18.9 Å². The third-order valence-corrected chi connectivity index (χ3v) is 8.06. The third-order valence-electron chi connectivity index (χ3n) is 8.06. The molecule has 0 aromatic heterocycles. The molecule has 0 saturated carbocycles. The highest BCUT2D eigenvalue weighted by molar-refractivity contribution is 5.42. The predicted octanol–water partition coefficient (Wildman–Crippen LogP) is 7.72. The monoisotopic (exact) mass is 636 g/mol. The van der Waals surface area contributed by atoms with E-state index < -0.39 is 12.2 Å². The molecule has 0 spiro atoms. The Hall–Kier alpha value is -4.52. The van der Waals surface area contributed by atoms with Crippen LogP contribution in [0.5, 0.6) is 23.0 Å². The van der Waals surface area contributed by atoms with Crippen LogP contribution in [0.1, 0.15) is 47.2 Å². The quantitative estimate of drug-likeness (QED) is 0.109. The molecule has 4 aromatic carbocycles. The van der Waals surface area contributed by atoms with Gasteiger partial charge in [-0.1, -0.05) is 85.7 Å². The number of rotatable bonds is 18. The maximum Gasteiger partial charge on any atom is 0.122 e. The summed E-state index contributed by atoms with van der Waals surface area (Å²) >= 11 is 0. The summed E-state index contributed by atoms with van der Waals surface area (Å²) in [6.45, 7) is 16.5. The number of aliphatic hydroxyl groups excluding tert-OH is 2. The fourth-order valence-electron chi connectivity index (χ4n) is 5.28. The maximum absolute atomic E-state index is 10.5. The molecule has 2 atom stereocenters. The number of benzene rings is 4. The van der Waals surface area contributed by atoms with Crippen LogP contribution in [-0.4, -0.2) is 48.8 Å². The van der Waals surface area contributed by atoms with E-state index in [-0.39, 0.29) is 31.8 Å². The first-order valence-corrected chi connectivity index (χ1v) is 16.1. The van der Waals surface area contributed by atoms with Crippen LogP contribution in [-0.2, 0) is 18.3 Å². The summed E-state index contributed by atoms with van der Waals surface area (Å²) in [7, 11) is 0. The molecule has 0 heterocycles. The standard InChI is InChI=1S/C41H48O6/c1-7-9-31-23-29(3)11-21-39(31)46-27-35(42)25-44-37-17-13-33(14-18-37)41(5,6)34-15-19-38(20-16-34)45-26-36(43)28-47-40-22-12-30(4)24-32(40)10-8-2/h7-8,11-24,35-36,42-43H,1-2,9-10,25-28H2,3-6H3. The molecule has 2 N–H and O–H groups in total. The molecular formula is C41H48O6. The van der Waals surface area contributed by atoms with Crippen LogP contribution >= 0.6 is 0 Å². The summed E-state index contributed by atoms with van der Waals surface area (Å²) in [4.78, 5) is 0. The number of hydrogen-bond acceptors (Lipinski definition) is 6. The van der Waals surface area contributed by atoms with Crippen molar-refractivity contribution in [2.24, 2.45) is 0 Å². The second-order valence-electron chi connectivity index (χ2n) is 12.4. The summed E-state index contributed by atoms with van der Waals surface area (Å²) in [5, 5.41) is 21.0. The first kappa shape index (κ1) is 35.3. The molecule has 0 amide bonds. The first-order chi connectivity index (χ1) is 22.6. The van der Waals surface area contributed by atoms with Crippen molar-refractivity contribution in [1.29, 1.82) is 0 Å². The van der Waals surface area contributed by atoms with Crippen molar-refractivity contribution in [3.8, 4) is 23.0 Å². The van der Waals surface area contributed by atoms with E-state index in [1.807, 2.05) is 98.8 Å². The van der Waals surface area contributed by atoms with Crippen molar-refractivity contribution in [3.05, 3.63) is 144 Å². The van der Waals surface area contributed by atoms with Gasteiger partial charge in [-0.3, -0.25) is 0 Å². The van der Waals surface area contributed by atoms with Gasteiger partial charge in [-0.05, 0) is 85.3 Å². The highest BCUT2D eigenvalue weighted by Gasteiger charge is 2.23. The van der Waals surface area contributed by atoms with Crippen LogP contribution in [0.25, 0.3) is 0 Å². The van der Waals surface area contributed by atoms with Crippen LogP contribution in [0, 0.1) is 13.8 Å². The summed E-state index contributed by atoms with van der Waals surface area (Å²) in [6.07, 6.45) is 3.54. The second kappa shape index (κ2) is 16.9. The molecule has 0 radical (unpaired) electrons. The van der Waals surface area contributed by atoms with Gasteiger partial charge in [-0.25, -0.2) is 0 Å². The summed E-state index contributed by atoms with van der Waals surface area (Å²) in [5.41, 5.74) is 6.37. The Morgan fingerprint density at radius 1 is 0.574 bits per heavy atom. The zero-order chi connectivity index (χ0) is 33.8. The van der Waals surface area contributed by atoms with Crippen molar-refractivity contribution in [1.82, 2.24) is 0 Å². The zero-order valence-corrected chi connectivity index (χ0v) is 28.1. The normalized spacial score (nSPS) is 12.6. The SMILES string of the molecule is C=CCc1cc(C)ccc1OCC(O)COc1ccc(C(C)(C)c2ccc(OCC(O)COc3ccc(C)cc3CC=C)cc2)cc1. The fraction of sp³-hybridized carbons (Fsp3) is 0.317. The Morgan fingerprint density at radius 3 is 1.30 bits per heavy atom. The third kappa shape index (κ3) is 10.2. The van der Waals surface area contributed by atoms with E-state index >= 15 is 0 Å². The molecule has 0 aliphatic carbocycles. The predicted molar refractivity (Wildman–Crippen MR) is 189 cm³/mol. The Bertz CT molecular complexity index is 1470. The van der Waals surface area contributed by atoms with E-state index in [2.05, 4.69) is 39.1 Å². The fourth-order valence-corrected chi connectivity index (χ4v) is 5.28. The average Bonchev–Trinajstić information content (AvgIpc) is 3.06. The topological polar surface area (TPSA) is 77.4 Å². The number of allylic oxidation sites excluding steroid dienone is 2. The van der Waals surface area contributed by atoms with Gasteiger partial charge >= 0.3 is 0 Å². The number of aliphatic hydroxyl groups is 2. The molecular weight excluding hydrogens is 588 g/mol. The minimum absolute atomic E-state index is 0.121. The molecule has 6 nitrogen and oxygen atoms in total. The lowest BCUT2D eigenvalue weighted by atomic mass is 9.78. The molecule has 248 valence electrons. The van der Waals surface area contributed by atoms with Crippen LogP contribution in [0.15, 0.2) is 110 Å². The minimum Gasteiger partial charge on any atom is -0.491 e. The molecule has 0 aliphatic rings. The number of ether oxygens (including phenoxy) is 4. The van der Waals surface area contributed by atoms with Gasteiger partial charge in [-0.2, -0.15) is 0 Å². The molecule has 0 bridgehead atoms. The van der Waals surface area contributed by atoms with E-state index in [4.69, 9.17) is 18.9 Å². The van der Waals surface area contributed by atoms with Crippen LogP contribution in [0.4, 0.5) is 0 Å². The molecule has 4 aromatic rings. The molecule has 0 saturated heterocycles. The molecule has 0 fully saturated rings. The highest BCUT2D eigenvalue weighted by atomic mass is 16.5. The summed E-state index contributed by atoms with van der Waals surface area (Å²) in [6, 6.07) is 27.8. The molecule has 6 heteroatoms. The Morgan fingerprint density at radius 2 is 0.936 bits per heavy atom. The lowest BCUT2D eigenvalue weighted by Crippen LogP contribution is -2.25. The van der Waals surface area contributed by atoms with Gasteiger partial charge < -0.3 is 29.2 Å². The average molecular weight is 637 g/mol. The van der Waals surface area contributed by atoms with Crippen molar-refractivity contribution >= 4 is 0 Å². The largest absolute Gasteiger partial charge is 0.491 e. The molecule has 4 rings (SSSR count). The van der Waals surface area contributed by atoms with Crippen molar-refractivity contribution in [2.45, 2.75) is 58.2 Å². The van der Waals surface area contributed by atoms with Crippen molar-refractivity contribution in [3.63, 3.8) is 0 Å². The lowest BCUT2D eigenvalue weighted by molar-refractivity contribution is 0.0623. The second-order valence-corrected chi connectivity index (χ2v) is 12.4. The van der Waals surface area contributed by atoms with Gasteiger partial charge in [0.15, 0.2) is 0 Å². The molecule has 2 unspecified atom stereocenters. The maximum atomic E-state index is 10.5. The van der Waals surface area contributed by atoms with E-state index in [1.165, 1.54) is 0 Å². The highest BCUT2D eigenvalue weighted by Crippen LogP contribution is 2.33. The minimum atomic E-state index is -0.776. The van der Waals surface area contributed by atoms with Crippen LogP contribution in [0.3, 0.4) is 0 Å². The number of aryl methyl sites for hydroxylation is 2. The van der Waals surface area contributed by atoms with E-state index in [1.54, 1.807) is 0 Å². The van der Waals surface area contributed by atoms with E-state index in [9.17, 15) is 10.2 Å². The number of hydrogen-bond donors (Lipinski definition) is 2. The lowest BCUT2D eigenvalue weighted by Gasteiger charge is -2.26. The molecule has 0 aliphatic heterocycles. The Kier molecular flexibility index (Phi) is 12.7. The molecule has 47 heavy (non-hydrogen) atoms. The Labute approximate surface area is 279 Å². The zero-order valence-electron chi connectivity index (χ0n) is 28.1.